The summed E-state index contributed by atoms with van der Waals surface area (Å²) in [5, 5.41) is 10.7. The van der Waals surface area contributed by atoms with Crippen LogP contribution in [0.1, 0.15) is 30.1 Å². The van der Waals surface area contributed by atoms with Gasteiger partial charge in [-0.15, -0.1) is 12.4 Å². The van der Waals surface area contributed by atoms with Crippen LogP contribution in [-0.2, 0) is 18.3 Å². The molecule has 1 aliphatic rings. The van der Waals surface area contributed by atoms with Crippen molar-refractivity contribution in [1.29, 1.82) is 0 Å². The van der Waals surface area contributed by atoms with Crippen molar-refractivity contribution in [3.05, 3.63) is 23.5 Å². The molecule has 1 aromatic carbocycles. The molecule has 0 atom stereocenters. The van der Waals surface area contributed by atoms with Gasteiger partial charge in [-0.25, -0.2) is 4.68 Å². The van der Waals surface area contributed by atoms with E-state index in [1.165, 1.54) is 0 Å². The van der Waals surface area contributed by atoms with Gasteiger partial charge >= 0.3 is 0 Å². The van der Waals surface area contributed by atoms with E-state index in [9.17, 15) is 4.79 Å². The lowest BCUT2D eigenvalue weighted by molar-refractivity contribution is -0.115. The molecule has 9 nitrogen and oxygen atoms in total. The number of carbonyl (C=O) groups excluding carboxylic acids is 1. The maximum absolute atomic E-state index is 12.6. The van der Waals surface area contributed by atoms with Crippen molar-refractivity contribution < 1.29 is 19.0 Å². The highest BCUT2D eigenvalue weighted by Crippen LogP contribution is 2.38. The normalized spacial score (nSPS) is 14.1. The highest BCUT2D eigenvalue weighted by Gasteiger charge is 2.22. The molecule has 3 rings (SSSR count). The third kappa shape index (κ3) is 5.30. The summed E-state index contributed by atoms with van der Waals surface area (Å²) in [6.07, 6.45) is 2.15. The topological polar surface area (TPSA) is 99.5 Å². The summed E-state index contributed by atoms with van der Waals surface area (Å²) < 4.78 is 17.6. The van der Waals surface area contributed by atoms with Crippen LogP contribution in [-0.4, -0.2) is 55.1 Å². The van der Waals surface area contributed by atoms with Gasteiger partial charge in [0.15, 0.2) is 17.3 Å². The molecule has 0 bridgehead atoms. The van der Waals surface area contributed by atoms with Crippen molar-refractivity contribution >= 4 is 24.3 Å². The number of nitrogens with zero attached hydrogens (tertiary/aromatic N) is 3. The number of aryl methyl sites for hydroxylation is 1. The van der Waals surface area contributed by atoms with Crippen LogP contribution >= 0.6 is 12.4 Å². The molecular formula is C19H28ClN5O4. The molecule has 0 aliphatic carbocycles. The largest absolute Gasteiger partial charge is 0.493 e. The molecule has 0 spiro atoms. The van der Waals surface area contributed by atoms with Gasteiger partial charge in [-0.1, -0.05) is 0 Å². The van der Waals surface area contributed by atoms with Gasteiger partial charge in [0.25, 0.3) is 0 Å². The van der Waals surface area contributed by atoms with Gasteiger partial charge in [0.05, 0.1) is 27.8 Å². The fourth-order valence-corrected chi connectivity index (χ4v) is 3.36. The molecule has 1 saturated heterocycles. The molecule has 1 fully saturated rings. The first-order chi connectivity index (χ1) is 13.5. The molecule has 160 valence electrons. The van der Waals surface area contributed by atoms with Crippen LogP contribution in [0.5, 0.6) is 17.2 Å². The van der Waals surface area contributed by atoms with Gasteiger partial charge in [0, 0.05) is 13.0 Å². The molecule has 0 unspecified atom stereocenters. The molecule has 0 saturated carbocycles. The number of aromatic nitrogens is 3. The Morgan fingerprint density at radius 2 is 1.79 bits per heavy atom. The monoisotopic (exact) mass is 425 g/mol. The molecule has 10 heteroatoms. The van der Waals surface area contributed by atoms with E-state index in [1.807, 2.05) is 0 Å². The molecule has 2 N–H and O–H groups in total. The minimum atomic E-state index is -0.193. The van der Waals surface area contributed by atoms with Gasteiger partial charge in [0.2, 0.25) is 17.6 Å². The number of hydrogen-bond donors (Lipinski definition) is 2. The second-order valence-electron chi connectivity index (χ2n) is 6.70. The van der Waals surface area contributed by atoms with Crippen molar-refractivity contribution in [1.82, 2.24) is 20.1 Å². The van der Waals surface area contributed by atoms with Crippen molar-refractivity contribution in [3.63, 3.8) is 0 Å². The summed E-state index contributed by atoms with van der Waals surface area (Å²) >= 11 is 0. The van der Waals surface area contributed by atoms with E-state index in [1.54, 1.807) is 45.2 Å². The molecule has 2 aromatic rings. The lowest BCUT2D eigenvalue weighted by Crippen LogP contribution is -2.27. The number of anilines is 1. The van der Waals surface area contributed by atoms with Gasteiger partial charge in [0.1, 0.15) is 0 Å². The maximum Gasteiger partial charge on any atom is 0.231 e. The smallest absolute Gasteiger partial charge is 0.231 e. The van der Waals surface area contributed by atoms with E-state index in [4.69, 9.17) is 14.2 Å². The van der Waals surface area contributed by atoms with Crippen molar-refractivity contribution in [3.8, 4) is 17.2 Å². The zero-order chi connectivity index (χ0) is 20.1. The second-order valence-corrected chi connectivity index (χ2v) is 6.70. The van der Waals surface area contributed by atoms with Gasteiger partial charge in [-0.2, -0.15) is 10.1 Å². The maximum atomic E-state index is 12.6. The Morgan fingerprint density at radius 1 is 1.17 bits per heavy atom. The number of carbonyl (C=O) groups is 1. The second kappa shape index (κ2) is 10.3. The van der Waals surface area contributed by atoms with E-state index in [0.717, 1.165) is 37.3 Å². The van der Waals surface area contributed by atoms with E-state index in [2.05, 4.69) is 20.7 Å². The predicted octanol–water partition coefficient (Wildman–Crippen LogP) is 1.91. The van der Waals surface area contributed by atoms with E-state index < -0.39 is 0 Å². The van der Waals surface area contributed by atoms with Crippen molar-refractivity contribution in [2.75, 3.05) is 39.7 Å². The molecule has 1 aliphatic heterocycles. The third-order valence-corrected chi connectivity index (χ3v) is 4.82. The third-order valence-electron chi connectivity index (χ3n) is 4.82. The summed E-state index contributed by atoms with van der Waals surface area (Å²) in [6, 6.07) is 3.52. The zero-order valence-electron chi connectivity index (χ0n) is 17.2. The molecule has 1 amide bonds. The first kappa shape index (κ1) is 22.8. The fourth-order valence-electron chi connectivity index (χ4n) is 3.36. The predicted molar refractivity (Wildman–Crippen MR) is 112 cm³/mol. The highest BCUT2D eigenvalue weighted by molar-refractivity contribution is 5.91. The minimum Gasteiger partial charge on any atom is -0.493 e. The average molecular weight is 426 g/mol. The Morgan fingerprint density at radius 3 is 2.34 bits per heavy atom. The number of hydrogen-bond acceptors (Lipinski definition) is 7. The average Bonchev–Trinajstić information content (AvgIpc) is 3.08. The number of methoxy groups -OCH3 is 3. The molecular weight excluding hydrogens is 398 g/mol. The Labute approximate surface area is 176 Å². The van der Waals surface area contributed by atoms with Crippen molar-refractivity contribution in [2.45, 2.75) is 25.2 Å². The van der Waals surface area contributed by atoms with Crippen LogP contribution < -0.4 is 24.8 Å². The van der Waals surface area contributed by atoms with E-state index in [-0.39, 0.29) is 24.7 Å². The summed E-state index contributed by atoms with van der Waals surface area (Å²) in [6.45, 7) is 1.93. The van der Waals surface area contributed by atoms with E-state index in [0.29, 0.717) is 29.1 Å². The van der Waals surface area contributed by atoms with Crippen LogP contribution in [0.3, 0.4) is 0 Å². The zero-order valence-corrected chi connectivity index (χ0v) is 18.0. The summed E-state index contributed by atoms with van der Waals surface area (Å²) in [5.41, 5.74) is 0.743. The summed E-state index contributed by atoms with van der Waals surface area (Å²) in [7, 11) is 6.42. The fraction of sp³-hybridized carbons (Fsp3) is 0.526. The molecule has 0 radical (unpaired) electrons. The lowest BCUT2D eigenvalue weighted by atomic mass is 9.98. The van der Waals surface area contributed by atoms with Crippen LogP contribution in [0.2, 0.25) is 0 Å². The van der Waals surface area contributed by atoms with Gasteiger partial charge < -0.3 is 19.5 Å². The number of halogens is 1. The number of amides is 1. The number of piperidine rings is 1. The van der Waals surface area contributed by atoms with Gasteiger partial charge in [-0.3, -0.25) is 10.1 Å². The standard InChI is InChI=1S/C19H27N5O4.ClH/c1-24-19(22-18(23-24)13-5-7-20-8-6-13)21-16(25)11-12-9-14(26-2)17(28-4)15(10-12)27-3;/h9-10,13,20H,5-8,11H2,1-4H3,(H,21,22,23,25);1H. The van der Waals surface area contributed by atoms with Crippen LogP contribution in [0.4, 0.5) is 5.95 Å². The SMILES string of the molecule is COc1cc(CC(=O)Nc2nc(C3CCNCC3)nn2C)cc(OC)c1OC.Cl. The lowest BCUT2D eigenvalue weighted by Gasteiger charge is -2.19. The van der Waals surface area contributed by atoms with Crippen LogP contribution in [0, 0.1) is 0 Å². The Hall–Kier alpha value is -2.52. The van der Waals surface area contributed by atoms with Crippen LogP contribution in [0.15, 0.2) is 12.1 Å². The Bertz CT molecular complexity index is 811. The minimum absolute atomic E-state index is 0. The first-order valence-electron chi connectivity index (χ1n) is 9.26. The highest BCUT2D eigenvalue weighted by atomic mass is 35.5. The van der Waals surface area contributed by atoms with Gasteiger partial charge in [-0.05, 0) is 43.6 Å². The van der Waals surface area contributed by atoms with Crippen molar-refractivity contribution in [2.24, 2.45) is 7.05 Å². The Kier molecular flexibility index (Phi) is 8.10. The first-order valence-corrected chi connectivity index (χ1v) is 9.26. The number of rotatable bonds is 7. The summed E-state index contributed by atoms with van der Waals surface area (Å²) in [4.78, 5) is 17.1. The summed E-state index contributed by atoms with van der Waals surface area (Å²) in [5.74, 6) is 2.88. The quantitative estimate of drug-likeness (QED) is 0.698. The number of ether oxygens (including phenoxy) is 3. The number of nitrogens with one attached hydrogen (secondary N) is 2. The Balaban J connectivity index is 0.00000300. The van der Waals surface area contributed by atoms with E-state index >= 15 is 0 Å². The van der Waals surface area contributed by atoms with Crippen LogP contribution in [0.25, 0.3) is 0 Å². The molecule has 1 aromatic heterocycles. The molecule has 2 heterocycles. The molecule has 29 heavy (non-hydrogen) atoms. The number of benzene rings is 1.